The van der Waals surface area contributed by atoms with Gasteiger partial charge in [-0.1, -0.05) is 62.4 Å². The summed E-state index contributed by atoms with van der Waals surface area (Å²) in [6.07, 6.45) is 4.00. The van der Waals surface area contributed by atoms with Crippen LogP contribution < -0.4 is 10.1 Å². The lowest BCUT2D eigenvalue weighted by Crippen LogP contribution is -2.63. The van der Waals surface area contributed by atoms with Crippen molar-refractivity contribution in [3.05, 3.63) is 65.7 Å². The highest BCUT2D eigenvalue weighted by Crippen LogP contribution is 2.62. The molecule has 1 aliphatic heterocycles. The molecule has 1 amide bonds. The van der Waals surface area contributed by atoms with Gasteiger partial charge in [0.2, 0.25) is 5.91 Å². The molecule has 2 saturated carbocycles. The van der Waals surface area contributed by atoms with E-state index >= 15 is 0 Å². The number of ether oxygens (including phenoxy) is 3. The summed E-state index contributed by atoms with van der Waals surface area (Å²) in [5.74, 6) is 0.973. The molecule has 6 nitrogen and oxygen atoms in total. The van der Waals surface area contributed by atoms with Crippen LogP contribution in [-0.4, -0.2) is 43.2 Å². The number of carbonyl (C=O) groups is 1. The van der Waals surface area contributed by atoms with E-state index in [-0.39, 0.29) is 35.0 Å². The predicted octanol–water partition coefficient (Wildman–Crippen LogP) is 4.88. The smallest absolute Gasteiger partial charge is 0.220 e. The molecule has 1 heterocycles. The van der Waals surface area contributed by atoms with Crippen molar-refractivity contribution in [3.8, 4) is 5.75 Å². The molecule has 2 N–H and O–H groups in total. The average Bonchev–Trinajstić information content (AvgIpc) is 2.90. The fourth-order valence-corrected chi connectivity index (χ4v) is 7.51. The molecule has 2 aromatic carbocycles. The molecule has 0 radical (unpaired) electrons. The third-order valence-corrected chi connectivity index (χ3v) is 9.55. The van der Waals surface area contributed by atoms with Gasteiger partial charge in [-0.15, -0.1) is 0 Å². The summed E-state index contributed by atoms with van der Waals surface area (Å²) in [6, 6.07) is 18.1. The number of para-hydroxylation sites is 1. The first-order valence-corrected chi connectivity index (χ1v) is 13.7. The summed E-state index contributed by atoms with van der Waals surface area (Å²) in [4.78, 5) is 13.1. The van der Waals surface area contributed by atoms with Gasteiger partial charge in [-0.3, -0.25) is 4.79 Å². The van der Waals surface area contributed by atoms with Crippen LogP contribution in [0.5, 0.6) is 5.75 Å². The number of fused-ring (bicyclic) bond motifs is 3. The molecule has 2 aromatic rings. The Kier molecular flexibility index (Phi) is 7.62. The number of amides is 1. The second-order valence-electron chi connectivity index (χ2n) is 11.7. The van der Waals surface area contributed by atoms with Gasteiger partial charge in [0.05, 0.1) is 25.9 Å². The number of nitrogens with one attached hydrogen (secondary N) is 1. The maximum absolute atomic E-state index is 13.1. The number of rotatable bonds is 7. The van der Waals surface area contributed by atoms with Gasteiger partial charge >= 0.3 is 0 Å². The first kappa shape index (κ1) is 26.2. The van der Waals surface area contributed by atoms with Crippen molar-refractivity contribution < 1.29 is 24.1 Å². The zero-order valence-corrected chi connectivity index (χ0v) is 22.3. The highest BCUT2D eigenvalue weighted by molar-refractivity contribution is 5.76. The van der Waals surface area contributed by atoms with E-state index < -0.39 is 6.10 Å². The van der Waals surface area contributed by atoms with Crippen molar-refractivity contribution in [2.24, 2.45) is 22.7 Å². The van der Waals surface area contributed by atoms with E-state index in [9.17, 15) is 9.90 Å². The monoisotopic (exact) mass is 507 g/mol. The van der Waals surface area contributed by atoms with Gasteiger partial charge in [-0.05, 0) is 54.6 Å². The van der Waals surface area contributed by atoms with E-state index in [2.05, 4.69) is 31.3 Å². The lowest BCUT2D eigenvalue weighted by molar-refractivity contribution is -0.308. The zero-order chi connectivity index (χ0) is 26.0. The van der Waals surface area contributed by atoms with E-state index in [4.69, 9.17) is 14.2 Å². The van der Waals surface area contributed by atoms with Crippen LogP contribution in [0.15, 0.2) is 54.6 Å². The summed E-state index contributed by atoms with van der Waals surface area (Å²) >= 11 is 0. The average molecular weight is 508 g/mol. The second kappa shape index (κ2) is 10.8. The van der Waals surface area contributed by atoms with Crippen molar-refractivity contribution in [2.75, 3.05) is 13.7 Å². The molecular weight excluding hydrogens is 466 g/mol. The summed E-state index contributed by atoms with van der Waals surface area (Å²) in [6.45, 7) is 5.65. The number of aliphatic hydroxyl groups is 1. The van der Waals surface area contributed by atoms with Crippen LogP contribution in [0, 0.1) is 22.7 Å². The van der Waals surface area contributed by atoms with Gasteiger partial charge in [0, 0.05) is 30.4 Å². The van der Waals surface area contributed by atoms with Crippen molar-refractivity contribution in [1.29, 1.82) is 0 Å². The summed E-state index contributed by atoms with van der Waals surface area (Å²) < 4.78 is 18.3. The quantitative estimate of drug-likeness (QED) is 0.559. The van der Waals surface area contributed by atoms with Gasteiger partial charge in [-0.25, -0.2) is 0 Å². The van der Waals surface area contributed by atoms with Gasteiger partial charge in [0.1, 0.15) is 5.75 Å². The van der Waals surface area contributed by atoms with Crippen LogP contribution in [0.1, 0.15) is 57.1 Å². The first-order chi connectivity index (χ1) is 17.8. The van der Waals surface area contributed by atoms with Crippen molar-refractivity contribution >= 4 is 5.91 Å². The number of carbonyl (C=O) groups excluding carboxylic acids is 1. The Morgan fingerprint density at radius 3 is 2.59 bits per heavy atom. The summed E-state index contributed by atoms with van der Waals surface area (Å²) in [7, 11) is 1.64. The Bertz CT molecular complexity index is 1080. The number of aliphatic hydroxyl groups excluding tert-OH is 1. The Morgan fingerprint density at radius 2 is 1.81 bits per heavy atom. The molecule has 6 heteroatoms. The van der Waals surface area contributed by atoms with Crippen molar-refractivity contribution in [2.45, 2.75) is 77.4 Å². The lowest BCUT2D eigenvalue weighted by Gasteiger charge is -2.63. The van der Waals surface area contributed by atoms with Crippen LogP contribution in [0.2, 0.25) is 0 Å². The van der Waals surface area contributed by atoms with Crippen molar-refractivity contribution in [1.82, 2.24) is 5.32 Å². The minimum atomic E-state index is -0.477. The fourth-order valence-electron chi connectivity index (χ4n) is 7.51. The number of hydrogen-bond acceptors (Lipinski definition) is 5. The SMILES string of the molecule is COc1ccccc1CNC(=O)C[C@@H]1[C@H](O)CC[C@@H]2[C@]3(C)CO[C@@H](Cc4ccccc4)O[C@@H]3CC[C@]21C. The number of methoxy groups -OCH3 is 1. The standard InChI is InChI=1S/C31H41NO5/c1-30-16-15-27-31(2,20-36-29(37-27)17-21-9-5-4-6-10-21)26(30)14-13-24(33)23(30)18-28(34)32-19-22-11-7-8-12-25(22)35-3/h4-12,23-24,26-27,29,33H,13-20H2,1-3H3,(H,32,34)/t23-,24-,26+,27-,29-,30+,31+/m1/s1. The lowest BCUT2D eigenvalue weighted by atomic mass is 9.46. The van der Waals surface area contributed by atoms with Gasteiger partial charge in [0.25, 0.3) is 0 Å². The molecule has 0 spiro atoms. The zero-order valence-electron chi connectivity index (χ0n) is 22.3. The minimum absolute atomic E-state index is 0.0248. The molecule has 5 rings (SSSR count). The summed E-state index contributed by atoms with van der Waals surface area (Å²) in [5, 5.41) is 14.2. The largest absolute Gasteiger partial charge is 0.496 e. The first-order valence-electron chi connectivity index (χ1n) is 13.7. The Hall–Kier alpha value is -2.41. The van der Waals surface area contributed by atoms with Crippen LogP contribution in [0.25, 0.3) is 0 Å². The van der Waals surface area contributed by atoms with Gasteiger partial charge in [0.15, 0.2) is 6.29 Å². The van der Waals surface area contributed by atoms with E-state index in [1.807, 2.05) is 42.5 Å². The normalized spacial score (nSPS) is 35.2. The molecule has 3 fully saturated rings. The highest BCUT2D eigenvalue weighted by atomic mass is 16.7. The third kappa shape index (κ3) is 5.16. The Labute approximate surface area is 220 Å². The molecule has 0 bridgehead atoms. The number of hydrogen-bond donors (Lipinski definition) is 2. The molecule has 2 aliphatic carbocycles. The number of benzene rings is 2. The van der Waals surface area contributed by atoms with E-state index in [1.165, 1.54) is 5.56 Å². The molecule has 0 aromatic heterocycles. The van der Waals surface area contributed by atoms with Crippen molar-refractivity contribution in [3.63, 3.8) is 0 Å². The minimum Gasteiger partial charge on any atom is -0.496 e. The van der Waals surface area contributed by atoms with Gasteiger partial charge in [-0.2, -0.15) is 0 Å². The third-order valence-electron chi connectivity index (χ3n) is 9.55. The van der Waals surface area contributed by atoms with Gasteiger partial charge < -0.3 is 24.6 Å². The van der Waals surface area contributed by atoms with Crippen LogP contribution >= 0.6 is 0 Å². The van der Waals surface area contributed by atoms with Crippen LogP contribution in [0.4, 0.5) is 0 Å². The molecular formula is C31H41NO5. The van der Waals surface area contributed by atoms with E-state index in [1.54, 1.807) is 7.11 Å². The Balaban J connectivity index is 1.25. The maximum Gasteiger partial charge on any atom is 0.220 e. The van der Waals surface area contributed by atoms with E-state index in [0.717, 1.165) is 37.0 Å². The fraction of sp³-hybridized carbons (Fsp3) is 0.581. The topological polar surface area (TPSA) is 77.0 Å². The Morgan fingerprint density at radius 1 is 1.05 bits per heavy atom. The molecule has 0 unspecified atom stereocenters. The molecule has 1 saturated heterocycles. The maximum atomic E-state index is 13.1. The molecule has 3 aliphatic rings. The molecule has 7 atom stereocenters. The van der Waals surface area contributed by atoms with Crippen LogP contribution in [0.3, 0.4) is 0 Å². The molecule has 200 valence electrons. The second-order valence-corrected chi connectivity index (χ2v) is 11.7. The molecule has 37 heavy (non-hydrogen) atoms. The highest BCUT2D eigenvalue weighted by Gasteiger charge is 2.61. The van der Waals surface area contributed by atoms with E-state index in [0.29, 0.717) is 31.9 Å². The summed E-state index contributed by atoms with van der Waals surface area (Å²) in [5.41, 5.74) is 1.88. The predicted molar refractivity (Wildman–Crippen MR) is 142 cm³/mol. The van der Waals surface area contributed by atoms with Crippen LogP contribution in [-0.2, 0) is 27.2 Å².